The number of nitrogens with one attached hydrogen (secondary N) is 2. The normalized spacial score (nSPS) is 18.5. The van der Waals surface area contributed by atoms with Crippen LogP contribution >= 0.6 is 22.9 Å². The van der Waals surface area contributed by atoms with Gasteiger partial charge in [0.2, 0.25) is 0 Å². The van der Waals surface area contributed by atoms with Gasteiger partial charge in [-0.3, -0.25) is 9.59 Å². The summed E-state index contributed by atoms with van der Waals surface area (Å²) in [4.78, 5) is 50.9. The molecule has 0 radical (unpaired) electrons. The zero-order valence-electron chi connectivity index (χ0n) is 18.1. The third kappa shape index (κ3) is 4.87. The molecule has 2 atom stereocenters. The van der Waals surface area contributed by atoms with Crippen molar-refractivity contribution < 1.29 is 24.2 Å². The summed E-state index contributed by atoms with van der Waals surface area (Å²) in [5, 5.41) is 13.1. The molecule has 1 saturated heterocycles. The summed E-state index contributed by atoms with van der Waals surface area (Å²) in [7, 11) is 4.62. The third-order valence-corrected chi connectivity index (χ3v) is 6.58. The predicted molar refractivity (Wildman–Crippen MR) is 119 cm³/mol. The minimum absolute atomic E-state index is 0.0895. The van der Waals surface area contributed by atoms with E-state index in [1.807, 2.05) is 11.8 Å². The van der Waals surface area contributed by atoms with E-state index in [4.69, 9.17) is 16.3 Å². The molecule has 2 unspecified atom stereocenters. The molecule has 0 bridgehead atoms. The van der Waals surface area contributed by atoms with Gasteiger partial charge in [0, 0.05) is 34.3 Å². The highest BCUT2D eigenvalue weighted by molar-refractivity contribution is 7.17. The van der Waals surface area contributed by atoms with Crippen LogP contribution in [0.25, 0.3) is 0 Å². The second kappa shape index (κ2) is 9.84. The van der Waals surface area contributed by atoms with Crippen LogP contribution in [0.3, 0.4) is 0 Å². The highest BCUT2D eigenvalue weighted by Crippen LogP contribution is 2.30. The maximum absolute atomic E-state index is 12.6. The minimum atomic E-state index is -1.20. The number of aromatic amines is 1. The zero-order chi connectivity index (χ0) is 23.6. The Morgan fingerprint density at radius 1 is 1.38 bits per heavy atom. The number of anilines is 1. The smallest absolute Gasteiger partial charge is 0.348 e. The number of piperidine rings is 1. The highest BCUT2D eigenvalue weighted by Gasteiger charge is 2.34. The van der Waals surface area contributed by atoms with E-state index in [0.717, 1.165) is 11.3 Å². The van der Waals surface area contributed by atoms with Crippen molar-refractivity contribution in [3.05, 3.63) is 27.2 Å². The van der Waals surface area contributed by atoms with Crippen LogP contribution in [-0.4, -0.2) is 89.2 Å². The Morgan fingerprint density at radius 2 is 2.09 bits per heavy atom. The Kier molecular flexibility index (Phi) is 7.36. The van der Waals surface area contributed by atoms with Crippen LogP contribution in [0.15, 0.2) is 0 Å². The van der Waals surface area contributed by atoms with Crippen LogP contribution < -0.4 is 10.2 Å². The average molecular weight is 485 g/mol. The fourth-order valence-electron chi connectivity index (χ4n) is 3.41. The fourth-order valence-corrected chi connectivity index (χ4v) is 4.60. The molecule has 3 N–H and O–H groups in total. The predicted octanol–water partition coefficient (Wildman–Crippen LogP) is 1.51. The number of methoxy groups -OCH3 is 1. The van der Waals surface area contributed by atoms with Crippen LogP contribution in [-0.2, 0) is 11.2 Å². The van der Waals surface area contributed by atoms with E-state index in [1.165, 1.54) is 26.1 Å². The number of carboxylic acid groups (broad SMARTS) is 1. The Balaban J connectivity index is 1.74. The molecule has 2 aromatic heterocycles. The molecule has 0 aliphatic carbocycles. The number of hydrogen-bond acceptors (Lipinski definition) is 8. The number of H-pyrrole nitrogens is 1. The van der Waals surface area contributed by atoms with E-state index >= 15 is 0 Å². The zero-order valence-corrected chi connectivity index (χ0v) is 19.7. The van der Waals surface area contributed by atoms with Gasteiger partial charge >= 0.3 is 5.97 Å². The van der Waals surface area contributed by atoms with Gasteiger partial charge in [-0.1, -0.05) is 29.9 Å². The van der Waals surface area contributed by atoms with Crippen LogP contribution in [0.1, 0.15) is 49.8 Å². The summed E-state index contributed by atoms with van der Waals surface area (Å²) >= 11 is 6.97. The number of thiazole rings is 1. The van der Waals surface area contributed by atoms with E-state index in [2.05, 4.69) is 20.3 Å². The SMILES string of the molecule is CCc1[nH]c(C(=O)NC2CCN(c3nc(C(=O)N(C)C)c(C(=O)O)s3)CC2OC)nc1Cl. The van der Waals surface area contributed by atoms with Gasteiger partial charge in [0.25, 0.3) is 11.8 Å². The van der Waals surface area contributed by atoms with Gasteiger partial charge in [0.15, 0.2) is 21.8 Å². The number of carbonyl (C=O) groups excluding carboxylic acids is 2. The van der Waals surface area contributed by atoms with E-state index in [-0.39, 0.29) is 39.6 Å². The number of halogens is 1. The van der Waals surface area contributed by atoms with E-state index < -0.39 is 11.9 Å². The number of aromatic nitrogens is 3. The molecule has 2 aromatic rings. The largest absolute Gasteiger partial charge is 0.477 e. The summed E-state index contributed by atoms with van der Waals surface area (Å²) in [6, 6.07) is -0.292. The Morgan fingerprint density at radius 3 is 2.66 bits per heavy atom. The first kappa shape index (κ1) is 24.0. The molecule has 13 heteroatoms. The van der Waals surface area contributed by atoms with Crippen molar-refractivity contribution >= 4 is 45.9 Å². The fraction of sp³-hybridized carbons (Fsp3) is 0.526. The molecular weight excluding hydrogens is 460 g/mol. The quantitative estimate of drug-likeness (QED) is 0.537. The molecular formula is C19H25ClN6O5S. The maximum Gasteiger partial charge on any atom is 0.348 e. The van der Waals surface area contributed by atoms with Crippen LogP contribution in [0.4, 0.5) is 5.13 Å². The molecule has 3 heterocycles. The van der Waals surface area contributed by atoms with Gasteiger partial charge in [0.05, 0.1) is 17.8 Å². The lowest BCUT2D eigenvalue weighted by Gasteiger charge is -2.37. The second-order valence-electron chi connectivity index (χ2n) is 7.48. The molecule has 0 spiro atoms. The van der Waals surface area contributed by atoms with Crippen molar-refractivity contribution in [1.82, 2.24) is 25.2 Å². The van der Waals surface area contributed by atoms with Gasteiger partial charge in [-0.05, 0) is 12.8 Å². The van der Waals surface area contributed by atoms with Crippen molar-refractivity contribution in [3.63, 3.8) is 0 Å². The Labute approximate surface area is 193 Å². The molecule has 1 fully saturated rings. The van der Waals surface area contributed by atoms with Gasteiger partial charge in [0.1, 0.15) is 4.88 Å². The lowest BCUT2D eigenvalue weighted by Crippen LogP contribution is -2.55. The number of aryl methyl sites for hydroxylation is 1. The van der Waals surface area contributed by atoms with Crippen LogP contribution in [0, 0.1) is 0 Å². The van der Waals surface area contributed by atoms with Gasteiger partial charge < -0.3 is 29.9 Å². The topological polar surface area (TPSA) is 141 Å². The standard InChI is InChI=1S/C19H25ClN6O5S/c1-5-9-14(20)24-15(21-9)16(27)22-10-6-7-26(8-11(10)31-4)19-23-12(17(28)25(2)3)13(32-19)18(29)30/h10-11H,5-8H2,1-4H3,(H,21,24)(H,22,27)(H,29,30). The molecule has 32 heavy (non-hydrogen) atoms. The summed E-state index contributed by atoms with van der Waals surface area (Å²) in [5.41, 5.74) is 0.601. The number of nitrogens with zero attached hydrogens (tertiary/aromatic N) is 4. The number of imidazole rings is 1. The number of amides is 2. The number of rotatable bonds is 7. The van der Waals surface area contributed by atoms with Gasteiger partial charge in [-0.25, -0.2) is 14.8 Å². The summed E-state index contributed by atoms with van der Waals surface area (Å²) in [5.74, 6) is -1.91. The van der Waals surface area contributed by atoms with Gasteiger partial charge in [-0.15, -0.1) is 0 Å². The van der Waals surface area contributed by atoms with E-state index in [9.17, 15) is 19.5 Å². The Hall–Kier alpha value is -2.70. The number of aromatic carboxylic acids is 1. The van der Waals surface area contributed by atoms with Crippen molar-refractivity contribution in [1.29, 1.82) is 0 Å². The number of hydrogen-bond donors (Lipinski definition) is 3. The number of carbonyl (C=O) groups is 3. The molecule has 0 saturated carbocycles. The lowest BCUT2D eigenvalue weighted by atomic mass is 10.0. The average Bonchev–Trinajstić information content (AvgIpc) is 3.37. The van der Waals surface area contributed by atoms with Crippen molar-refractivity contribution in [3.8, 4) is 0 Å². The molecule has 1 aliphatic heterocycles. The van der Waals surface area contributed by atoms with Crippen molar-refractivity contribution in [2.45, 2.75) is 31.9 Å². The first-order chi connectivity index (χ1) is 15.2. The molecule has 3 rings (SSSR count). The first-order valence-corrected chi connectivity index (χ1v) is 11.1. The minimum Gasteiger partial charge on any atom is -0.477 e. The summed E-state index contributed by atoms with van der Waals surface area (Å²) in [6.45, 7) is 2.76. The summed E-state index contributed by atoms with van der Waals surface area (Å²) < 4.78 is 5.58. The second-order valence-corrected chi connectivity index (χ2v) is 8.81. The highest BCUT2D eigenvalue weighted by atomic mass is 35.5. The Bertz CT molecular complexity index is 1020. The molecule has 174 valence electrons. The molecule has 11 nitrogen and oxygen atoms in total. The van der Waals surface area contributed by atoms with Crippen molar-refractivity contribution in [2.24, 2.45) is 0 Å². The number of carboxylic acids is 1. The van der Waals surface area contributed by atoms with Crippen LogP contribution in [0.5, 0.6) is 0 Å². The lowest BCUT2D eigenvalue weighted by molar-refractivity contribution is 0.0538. The monoisotopic (exact) mass is 484 g/mol. The van der Waals surface area contributed by atoms with Gasteiger partial charge in [-0.2, -0.15) is 0 Å². The van der Waals surface area contributed by atoms with E-state index in [0.29, 0.717) is 36.8 Å². The van der Waals surface area contributed by atoms with Crippen molar-refractivity contribution in [2.75, 3.05) is 39.2 Å². The summed E-state index contributed by atoms with van der Waals surface area (Å²) in [6.07, 6.45) is 0.773. The first-order valence-electron chi connectivity index (χ1n) is 9.94. The molecule has 1 aliphatic rings. The maximum atomic E-state index is 12.6. The number of ether oxygens (including phenoxy) is 1. The van der Waals surface area contributed by atoms with E-state index in [1.54, 1.807) is 0 Å². The van der Waals surface area contributed by atoms with Crippen LogP contribution in [0.2, 0.25) is 5.15 Å². The molecule has 0 aromatic carbocycles. The molecule has 2 amide bonds. The third-order valence-electron chi connectivity index (χ3n) is 5.16.